The van der Waals surface area contributed by atoms with E-state index in [1.165, 1.54) is 12.3 Å². The third-order valence-electron chi connectivity index (χ3n) is 6.23. The minimum atomic E-state index is -4.48. The largest absolute Gasteiger partial charge is 0.416 e. The third-order valence-corrected chi connectivity index (χ3v) is 6.23. The molecule has 1 aliphatic heterocycles. The molecule has 0 bridgehead atoms. The minimum Gasteiger partial charge on any atom is -0.354 e. The summed E-state index contributed by atoms with van der Waals surface area (Å²) in [6.07, 6.45) is 3.85. The summed E-state index contributed by atoms with van der Waals surface area (Å²) in [5.41, 5.74) is 1.26. The van der Waals surface area contributed by atoms with Crippen LogP contribution in [0.3, 0.4) is 0 Å². The van der Waals surface area contributed by atoms with Crippen molar-refractivity contribution >= 4 is 17.2 Å². The Morgan fingerprint density at radius 2 is 1.87 bits per heavy atom. The lowest BCUT2D eigenvalue weighted by atomic mass is 10.0. The summed E-state index contributed by atoms with van der Waals surface area (Å²) in [5, 5.41) is 2.95. The average molecular weight is 519 g/mol. The quantitative estimate of drug-likeness (QED) is 0.403. The molecule has 0 unspecified atom stereocenters. The monoisotopic (exact) mass is 518 g/mol. The molecule has 1 fully saturated rings. The zero-order valence-corrected chi connectivity index (χ0v) is 20.7. The first kappa shape index (κ1) is 25.4. The molecule has 11 heteroatoms. The molecule has 0 spiro atoms. The number of alkyl halides is 3. The van der Waals surface area contributed by atoms with E-state index >= 15 is 0 Å². The van der Waals surface area contributed by atoms with Gasteiger partial charge in [-0.15, -0.1) is 0 Å². The number of piperazine rings is 1. The van der Waals surface area contributed by atoms with Crippen molar-refractivity contribution in [2.45, 2.75) is 12.7 Å². The Labute approximate surface area is 217 Å². The summed E-state index contributed by atoms with van der Waals surface area (Å²) in [6, 6.07) is 5.90. The van der Waals surface area contributed by atoms with Crippen molar-refractivity contribution < 1.29 is 13.2 Å². The highest BCUT2D eigenvalue weighted by molar-refractivity contribution is 5.74. The molecule has 3 aromatic heterocycles. The van der Waals surface area contributed by atoms with E-state index < -0.39 is 11.7 Å². The molecule has 4 aromatic rings. The number of fused-ring (bicyclic) bond motifs is 1. The van der Waals surface area contributed by atoms with Crippen molar-refractivity contribution in [3.63, 3.8) is 0 Å². The van der Waals surface area contributed by atoms with E-state index in [0.717, 1.165) is 32.2 Å². The second-order valence-electron chi connectivity index (χ2n) is 9.05. The maximum atomic E-state index is 13.9. The Bertz CT molecular complexity index is 1520. The molecule has 4 heterocycles. The van der Waals surface area contributed by atoms with Crippen molar-refractivity contribution in [1.29, 1.82) is 0 Å². The van der Waals surface area contributed by atoms with E-state index in [1.807, 2.05) is 11.9 Å². The van der Waals surface area contributed by atoms with Crippen LogP contribution < -0.4 is 5.32 Å². The number of nitrogens with zero attached hydrogens (tertiary/aromatic N) is 7. The Hall–Kier alpha value is -4.27. The zero-order chi connectivity index (χ0) is 26.7. The van der Waals surface area contributed by atoms with Gasteiger partial charge >= 0.3 is 6.18 Å². The lowest BCUT2D eigenvalue weighted by Gasteiger charge is -2.33. The standard InChI is InChI=1S/C27H25F3N8/c1-19(24-7-8-31-25(35-24)6-3-20-16-33-26-32-9-10-38(26)17-20)34-22-5-4-21(23(15-22)27(28,29)30)18-37-13-11-36(2)12-14-37/h4-5,7-10,15-17,34H,1,11-14,18H2,2H3. The second-order valence-corrected chi connectivity index (χ2v) is 9.05. The van der Waals surface area contributed by atoms with E-state index in [1.54, 1.807) is 41.3 Å². The first-order valence-corrected chi connectivity index (χ1v) is 12.0. The molecule has 194 valence electrons. The van der Waals surface area contributed by atoms with Gasteiger partial charge in [0, 0.05) is 69.4 Å². The second kappa shape index (κ2) is 10.6. The van der Waals surface area contributed by atoms with Crippen LogP contribution in [-0.2, 0) is 12.7 Å². The first-order valence-electron chi connectivity index (χ1n) is 12.0. The molecule has 0 aliphatic carbocycles. The van der Waals surface area contributed by atoms with Crippen LogP contribution in [0.25, 0.3) is 11.5 Å². The molecule has 5 rings (SSSR count). The number of hydrogen-bond donors (Lipinski definition) is 1. The van der Waals surface area contributed by atoms with Crippen LogP contribution in [0.5, 0.6) is 0 Å². The number of hydrogen-bond acceptors (Lipinski definition) is 7. The fourth-order valence-corrected chi connectivity index (χ4v) is 4.14. The molecule has 0 atom stereocenters. The first-order chi connectivity index (χ1) is 18.2. The number of likely N-dealkylation sites (N-methyl/N-ethyl adjacent to an activating group) is 1. The highest BCUT2D eigenvalue weighted by Gasteiger charge is 2.34. The predicted octanol–water partition coefficient (Wildman–Crippen LogP) is 3.77. The molecule has 0 amide bonds. The van der Waals surface area contributed by atoms with Gasteiger partial charge in [0.1, 0.15) is 0 Å². The van der Waals surface area contributed by atoms with Gasteiger partial charge in [-0.05, 0) is 36.7 Å². The number of rotatable bonds is 5. The third kappa shape index (κ3) is 5.99. The van der Waals surface area contributed by atoms with Crippen LogP contribution in [0.2, 0.25) is 0 Å². The van der Waals surface area contributed by atoms with Crippen LogP contribution >= 0.6 is 0 Å². The lowest BCUT2D eigenvalue weighted by Crippen LogP contribution is -2.44. The summed E-state index contributed by atoms with van der Waals surface area (Å²) in [4.78, 5) is 21.1. The summed E-state index contributed by atoms with van der Waals surface area (Å²) < 4.78 is 43.5. The van der Waals surface area contributed by atoms with Crippen molar-refractivity contribution in [1.82, 2.24) is 34.1 Å². The molecule has 0 saturated carbocycles. The Morgan fingerprint density at radius 1 is 1.05 bits per heavy atom. The Kier molecular flexibility index (Phi) is 7.09. The molecular weight excluding hydrogens is 493 g/mol. The smallest absolute Gasteiger partial charge is 0.354 e. The lowest BCUT2D eigenvalue weighted by molar-refractivity contribution is -0.138. The maximum Gasteiger partial charge on any atom is 0.416 e. The van der Waals surface area contributed by atoms with Crippen molar-refractivity contribution in [2.24, 2.45) is 0 Å². The summed E-state index contributed by atoms with van der Waals surface area (Å²) in [7, 11) is 2.01. The van der Waals surface area contributed by atoms with E-state index in [0.29, 0.717) is 22.7 Å². The fraction of sp³-hybridized carbons (Fsp3) is 0.259. The highest BCUT2D eigenvalue weighted by atomic mass is 19.4. The van der Waals surface area contributed by atoms with Crippen molar-refractivity contribution in [3.8, 4) is 11.8 Å². The fourth-order valence-electron chi connectivity index (χ4n) is 4.14. The Balaban J connectivity index is 1.31. The van der Waals surface area contributed by atoms with Gasteiger partial charge in [0.2, 0.25) is 11.6 Å². The summed E-state index contributed by atoms with van der Waals surface area (Å²) in [5.74, 6) is 6.65. The van der Waals surface area contributed by atoms with Crippen LogP contribution in [-0.4, -0.2) is 67.4 Å². The van der Waals surface area contributed by atoms with Crippen molar-refractivity contribution in [3.05, 3.63) is 90.0 Å². The molecule has 1 saturated heterocycles. The van der Waals surface area contributed by atoms with Gasteiger partial charge in [0.15, 0.2) is 0 Å². The number of anilines is 1. The number of aromatic nitrogens is 5. The van der Waals surface area contributed by atoms with Gasteiger partial charge in [-0.1, -0.05) is 18.6 Å². The summed E-state index contributed by atoms with van der Waals surface area (Å²) >= 11 is 0. The van der Waals surface area contributed by atoms with Gasteiger partial charge in [-0.3, -0.25) is 9.30 Å². The molecule has 1 aliphatic rings. The molecule has 1 aromatic carbocycles. The number of imidazole rings is 1. The maximum absolute atomic E-state index is 13.9. The Morgan fingerprint density at radius 3 is 2.66 bits per heavy atom. The normalized spacial score (nSPS) is 14.7. The van der Waals surface area contributed by atoms with E-state index in [2.05, 4.69) is 48.6 Å². The zero-order valence-electron chi connectivity index (χ0n) is 20.7. The molecule has 38 heavy (non-hydrogen) atoms. The van der Waals surface area contributed by atoms with Crippen molar-refractivity contribution in [2.75, 3.05) is 38.5 Å². The van der Waals surface area contributed by atoms with E-state index in [9.17, 15) is 13.2 Å². The predicted molar refractivity (Wildman–Crippen MR) is 138 cm³/mol. The highest BCUT2D eigenvalue weighted by Crippen LogP contribution is 2.35. The van der Waals surface area contributed by atoms with Gasteiger partial charge in [-0.2, -0.15) is 13.2 Å². The van der Waals surface area contributed by atoms with Gasteiger partial charge in [0.05, 0.1) is 22.5 Å². The molecule has 0 radical (unpaired) electrons. The SMILES string of the molecule is C=C(Nc1ccc(CN2CCN(C)CC2)c(C(F)(F)F)c1)c1ccnc(C#Cc2cnc3nccn3c2)n1. The molecular formula is C27H25F3N8. The number of nitrogens with one attached hydrogen (secondary N) is 1. The minimum absolute atomic E-state index is 0.245. The van der Waals surface area contributed by atoms with Gasteiger partial charge in [0.25, 0.3) is 0 Å². The van der Waals surface area contributed by atoms with Gasteiger partial charge in [-0.25, -0.2) is 19.9 Å². The molecule has 8 nitrogen and oxygen atoms in total. The summed E-state index contributed by atoms with van der Waals surface area (Å²) in [6.45, 7) is 7.35. The average Bonchev–Trinajstić information content (AvgIpc) is 3.37. The number of benzene rings is 1. The van der Waals surface area contributed by atoms with Crippen LogP contribution in [0, 0.1) is 11.8 Å². The van der Waals surface area contributed by atoms with Crippen LogP contribution in [0.1, 0.15) is 28.2 Å². The van der Waals surface area contributed by atoms with E-state index in [-0.39, 0.29) is 23.6 Å². The number of halogens is 3. The topological polar surface area (TPSA) is 74.5 Å². The molecule has 1 N–H and O–H groups in total. The van der Waals surface area contributed by atoms with Crippen LogP contribution in [0.4, 0.5) is 18.9 Å². The van der Waals surface area contributed by atoms with Gasteiger partial charge < -0.3 is 10.2 Å². The van der Waals surface area contributed by atoms with E-state index in [4.69, 9.17) is 0 Å². The van der Waals surface area contributed by atoms with Crippen LogP contribution in [0.15, 0.2) is 61.8 Å².